The van der Waals surface area contributed by atoms with E-state index in [2.05, 4.69) is 20.7 Å². The molecule has 2 N–H and O–H groups in total. The fourth-order valence-corrected chi connectivity index (χ4v) is 2.99. The molecule has 0 radical (unpaired) electrons. The quantitative estimate of drug-likeness (QED) is 0.693. The molecule has 2 heterocycles. The van der Waals surface area contributed by atoms with Crippen LogP contribution in [0, 0.1) is 13.8 Å². The summed E-state index contributed by atoms with van der Waals surface area (Å²) in [5.41, 5.74) is 0.553. The number of alkyl halides is 3. The Morgan fingerprint density at radius 1 is 1.07 bits per heavy atom. The molecule has 3 aromatic rings. The van der Waals surface area contributed by atoms with Crippen LogP contribution < -0.4 is 10.6 Å². The third kappa shape index (κ3) is 4.53. The molecule has 2 amide bonds. The first kappa shape index (κ1) is 20.3. The second-order valence-corrected chi connectivity index (χ2v) is 6.56. The zero-order chi connectivity index (χ0) is 21.3. The van der Waals surface area contributed by atoms with Gasteiger partial charge in [0.15, 0.2) is 5.65 Å². The van der Waals surface area contributed by atoms with Gasteiger partial charge in [0.25, 0.3) is 0 Å². The molecule has 29 heavy (non-hydrogen) atoms. The Balaban J connectivity index is 1.84. The van der Waals surface area contributed by atoms with Gasteiger partial charge in [0.2, 0.25) is 11.8 Å². The number of carbonyl (C=O) groups excluding carboxylic acids is 2. The van der Waals surface area contributed by atoms with Gasteiger partial charge >= 0.3 is 6.18 Å². The van der Waals surface area contributed by atoms with Crippen molar-refractivity contribution in [3.8, 4) is 0 Å². The van der Waals surface area contributed by atoms with Crippen LogP contribution in [0.3, 0.4) is 0 Å². The molecular formula is C19H18F3N5O2. The summed E-state index contributed by atoms with van der Waals surface area (Å²) in [6, 6.07) is 7.40. The first-order valence-electron chi connectivity index (χ1n) is 8.64. The van der Waals surface area contributed by atoms with Crippen molar-refractivity contribution >= 4 is 34.2 Å². The predicted octanol–water partition coefficient (Wildman–Crippen LogP) is 3.66. The number of aryl methyl sites for hydroxylation is 2. The van der Waals surface area contributed by atoms with Gasteiger partial charge < -0.3 is 10.6 Å². The van der Waals surface area contributed by atoms with Gasteiger partial charge in [-0.1, -0.05) is 0 Å². The van der Waals surface area contributed by atoms with Crippen LogP contribution >= 0.6 is 0 Å². The Bertz CT molecular complexity index is 1090. The van der Waals surface area contributed by atoms with Crippen molar-refractivity contribution in [3.05, 3.63) is 47.3 Å². The monoisotopic (exact) mass is 405 g/mol. The first-order valence-corrected chi connectivity index (χ1v) is 8.64. The first-order chi connectivity index (χ1) is 13.5. The number of hydrogen-bond donors (Lipinski definition) is 2. The molecule has 0 fully saturated rings. The van der Waals surface area contributed by atoms with E-state index < -0.39 is 17.6 Å². The molecule has 0 aliphatic carbocycles. The SMILES string of the molecule is CC(=O)Nc1ccc(NC(=O)Cn2nc(C)c3c(C(F)(F)F)cc(C)nc32)cc1. The lowest BCUT2D eigenvalue weighted by molar-refractivity contribution is -0.136. The predicted molar refractivity (Wildman–Crippen MR) is 101 cm³/mol. The molecule has 3 rings (SSSR count). The fourth-order valence-electron chi connectivity index (χ4n) is 2.99. The molecule has 2 aromatic heterocycles. The minimum atomic E-state index is -4.55. The summed E-state index contributed by atoms with van der Waals surface area (Å²) in [6.45, 7) is 3.99. The van der Waals surface area contributed by atoms with E-state index in [0.29, 0.717) is 11.4 Å². The highest BCUT2D eigenvalue weighted by Gasteiger charge is 2.35. The lowest BCUT2D eigenvalue weighted by Crippen LogP contribution is -2.20. The number of pyridine rings is 1. The maximum Gasteiger partial charge on any atom is 0.417 e. The van der Waals surface area contributed by atoms with Crippen LogP contribution in [-0.2, 0) is 22.3 Å². The van der Waals surface area contributed by atoms with Crippen molar-refractivity contribution in [3.63, 3.8) is 0 Å². The average molecular weight is 405 g/mol. The molecule has 0 atom stereocenters. The third-order valence-electron chi connectivity index (χ3n) is 4.09. The highest BCUT2D eigenvalue weighted by Crippen LogP contribution is 2.36. The van der Waals surface area contributed by atoms with Gasteiger partial charge in [0.05, 0.1) is 16.6 Å². The minimum Gasteiger partial charge on any atom is -0.326 e. The number of fused-ring (bicyclic) bond motifs is 1. The van der Waals surface area contributed by atoms with Crippen molar-refractivity contribution in [2.75, 3.05) is 10.6 Å². The van der Waals surface area contributed by atoms with Crippen LogP contribution in [0.5, 0.6) is 0 Å². The van der Waals surface area contributed by atoms with E-state index in [1.54, 1.807) is 24.3 Å². The van der Waals surface area contributed by atoms with Gasteiger partial charge in [-0.3, -0.25) is 9.59 Å². The lowest BCUT2D eigenvalue weighted by atomic mass is 10.1. The summed E-state index contributed by atoms with van der Waals surface area (Å²) in [5, 5.41) is 9.21. The number of rotatable bonds is 4. The average Bonchev–Trinajstić information content (AvgIpc) is 2.90. The molecule has 152 valence electrons. The van der Waals surface area contributed by atoms with Crippen molar-refractivity contribution in [1.29, 1.82) is 0 Å². The molecular weight excluding hydrogens is 387 g/mol. The van der Waals surface area contributed by atoms with E-state index >= 15 is 0 Å². The topological polar surface area (TPSA) is 88.9 Å². The molecule has 0 bridgehead atoms. The van der Waals surface area contributed by atoms with Gasteiger partial charge in [-0.25, -0.2) is 9.67 Å². The Morgan fingerprint density at radius 2 is 1.66 bits per heavy atom. The Labute approximate surface area is 163 Å². The Morgan fingerprint density at radius 3 is 2.21 bits per heavy atom. The number of aromatic nitrogens is 3. The number of nitrogens with zero attached hydrogens (tertiary/aromatic N) is 3. The molecule has 0 spiro atoms. The lowest BCUT2D eigenvalue weighted by Gasteiger charge is -2.10. The highest BCUT2D eigenvalue weighted by atomic mass is 19.4. The van der Waals surface area contributed by atoms with Gasteiger partial charge in [-0.15, -0.1) is 0 Å². The molecule has 10 heteroatoms. The Hall–Kier alpha value is -3.43. The third-order valence-corrected chi connectivity index (χ3v) is 4.09. The number of amides is 2. The molecule has 0 unspecified atom stereocenters. The maximum absolute atomic E-state index is 13.4. The van der Waals surface area contributed by atoms with E-state index in [0.717, 1.165) is 10.7 Å². The molecule has 0 aliphatic heterocycles. The largest absolute Gasteiger partial charge is 0.417 e. The van der Waals surface area contributed by atoms with Crippen LogP contribution in [-0.4, -0.2) is 26.6 Å². The zero-order valence-electron chi connectivity index (χ0n) is 15.9. The summed E-state index contributed by atoms with van der Waals surface area (Å²) in [5.74, 6) is -0.692. The van der Waals surface area contributed by atoms with Crippen LogP contribution in [0.1, 0.15) is 23.9 Å². The van der Waals surface area contributed by atoms with Gasteiger partial charge in [0, 0.05) is 24.0 Å². The molecule has 0 aliphatic rings. The van der Waals surface area contributed by atoms with Gasteiger partial charge in [-0.2, -0.15) is 18.3 Å². The van der Waals surface area contributed by atoms with Crippen molar-refractivity contribution in [2.45, 2.75) is 33.5 Å². The number of anilines is 2. The summed E-state index contributed by atoms with van der Waals surface area (Å²) in [6.07, 6.45) is -4.55. The van der Waals surface area contributed by atoms with Gasteiger partial charge in [0.1, 0.15) is 6.54 Å². The molecule has 1 aromatic carbocycles. The molecule has 7 nitrogen and oxygen atoms in total. The molecule has 0 saturated heterocycles. The van der Waals surface area contributed by atoms with Gasteiger partial charge in [-0.05, 0) is 44.2 Å². The number of hydrogen-bond acceptors (Lipinski definition) is 4. The van der Waals surface area contributed by atoms with Crippen molar-refractivity contribution < 1.29 is 22.8 Å². The number of halogens is 3. The van der Waals surface area contributed by atoms with Crippen molar-refractivity contribution in [2.24, 2.45) is 0 Å². The number of carbonyl (C=O) groups is 2. The fraction of sp³-hybridized carbons (Fsp3) is 0.263. The minimum absolute atomic E-state index is 0.00554. The van der Waals surface area contributed by atoms with Crippen molar-refractivity contribution in [1.82, 2.24) is 14.8 Å². The van der Waals surface area contributed by atoms with E-state index in [-0.39, 0.29) is 34.9 Å². The summed E-state index contributed by atoms with van der Waals surface area (Å²) >= 11 is 0. The van der Waals surface area contributed by atoms with E-state index in [1.807, 2.05) is 0 Å². The van der Waals surface area contributed by atoms with E-state index in [1.165, 1.54) is 20.8 Å². The normalized spacial score (nSPS) is 11.5. The highest BCUT2D eigenvalue weighted by molar-refractivity contribution is 5.93. The Kier molecular flexibility index (Phi) is 5.27. The smallest absolute Gasteiger partial charge is 0.326 e. The van der Waals surface area contributed by atoms with Crippen LogP contribution in [0.15, 0.2) is 30.3 Å². The van der Waals surface area contributed by atoms with Crippen LogP contribution in [0.4, 0.5) is 24.5 Å². The van der Waals surface area contributed by atoms with E-state index in [9.17, 15) is 22.8 Å². The van der Waals surface area contributed by atoms with Crippen LogP contribution in [0.2, 0.25) is 0 Å². The molecule has 0 saturated carbocycles. The summed E-state index contributed by atoms with van der Waals surface area (Å²) in [4.78, 5) is 27.6. The zero-order valence-corrected chi connectivity index (χ0v) is 15.9. The second kappa shape index (κ2) is 7.53. The maximum atomic E-state index is 13.4. The second-order valence-electron chi connectivity index (χ2n) is 6.56. The number of nitrogens with one attached hydrogen (secondary N) is 2. The summed E-state index contributed by atoms with van der Waals surface area (Å²) in [7, 11) is 0. The van der Waals surface area contributed by atoms with E-state index in [4.69, 9.17) is 0 Å². The number of benzene rings is 1. The standard InChI is InChI=1S/C19H18F3N5O2/c1-10-8-15(19(20,21)22)17-11(2)26-27(18(17)23-10)9-16(29)25-14-6-4-13(5-7-14)24-12(3)28/h4-8H,9H2,1-3H3,(H,24,28)(H,25,29). The van der Waals surface area contributed by atoms with Crippen LogP contribution in [0.25, 0.3) is 11.0 Å². The summed E-state index contributed by atoms with van der Waals surface area (Å²) < 4.78 is 41.3.